The zero-order valence-corrected chi connectivity index (χ0v) is 13.6. The molecule has 4 heteroatoms. The Bertz CT molecular complexity index is 520. The summed E-state index contributed by atoms with van der Waals surface area (Å²) in [5.41, 5.74) is 1.31. The molecule has 1 aliphatic carbocycles. The van der Waals surface area contributed by atoms with Gasteiger partial charge in [0.15, 0.2) is 5.78 Å². The summed E-state index contributed by atoms with van der Waals surface area (Å²) < 4.78 is 0. The van der Waals surface area contributed by atoms with E-state index in [2.05, 4.69) is 10.2 Å². The number of rotatable bonds is 5. The highest BCUT2D eigenvalue weighted by atomic mass is 16.2. The minimum atomic E-state index is -0.0209. The van der Waals surface area contributed by atoms with Crippen molar-refractivity contribution >= 4 is 17.4 Å². The predicted octanol–water partition coefficient (Wildman–Crippen LogP) is 3.48. The van der Waals surface area contributed by atoms with E-state index in [1.165, 1.54) is 45.4 Å². The lowest BCUT2D eigenvalue weighted by Crippen LogP contribution is -2.37. The summed E-state index contributed by atoms with van der Waals surface area (Å²) >= 11 is 0. The third-order valence-corrected chi connectivity index (χ3v) is 4.39. The van der Waals surface area contributed by atoms with Crippen LogP contribution < -0.4 is 5.32 Å². The molecule has 1 amide bonds. The lowest BCUT2D eigenvalue weighted by Gasteiger charge is -2.26. The maximum absolute atomic E-state index is 12.2. The van der Waals surface area contributed by atoms with Crippen LogP contribution in [-0.4, -0.2) is 36.2 Å². The lowest BCUT2D eigenvalue weighted by atomic mass is 10.1. The third kappa shape index (κ3) is 4.95. The molecule has 0 unspecified atom stereocenters. The quantitative estimate of drug-likeness (QED) is 0.669. The minimum Gasteiger partial charge on any atom is -0.325 e. The van der Waals surface area contributed by atoms with Crippen LogP contribution in [0.4, 0.5) is 5.69 Å². The molecule has 1 N–H and O–H groups in total. The molecule has 22 heavy (non-hydrogen) atoms. The highest BCUT2D eigenvalue weighted by Crippen LogP contribution is 2.21. The summed E-state index contributed by atoms with van der Waals surface area (Å²) in [5.74, 6) is -0.0147. The first kappa shape index (κ1) is 16.7. The second kappa shape index (κ2) is 8.08. The predicted molar refractivity (Wildman–Crippen MR) is 89.2 cm³/mol. The Morgan fingerprint density at radius 1 is 1.18 bits per heavy atom. The number of nitrogens with zero attached hydrogens (tertiary/aromatic N) is 1. The van der Waals surface area contributed by atoms with Crippen LogP contribution in [0.25, 0.3) is 0 Å². The first-order valence-electron chi connectivity index (χ1n) is 8.17. The number of carbonyl (C=O) groups is 2. The highest BCUT2D eigenvalue weighted by Gasteiger charge is 2.19. The standard InChI is InChI=1S/C18H26N2O2/c1-14(21)15-8-7-9-16(12-15)19-18(22)13-20(2)17-10-5-3-4-6-11-17/h7-9,12,17H,3-6,10-11,13H2,1-2H3,(H,19,22). The van der Waals surface area contributed by atoms with E-state index >= 15 is 0 Å². The molecule has 1 aromatic carbocycles. The van der Waals surface area contributed by atoms with Gasteiger partial charge in [-0.1, -0.05) is 37.8 Å². The van der Waals surface area contributed by atoms with Gasteiger partial charge in [0, 0.05) is 17.3 Å². The molecule has 1 aliphatic rings. The van der Waals surface area contributed by atoms with Crippen molar-refractivity contribution in [2.75, 3.05) is 18.9 Å². The Morgan fingerprint density at radius 3 is 2.50 bits per heavy atom. The average Bonchev–Trinajstić information content (AvgIpc) is 2.76. The van der Waals surface area contributed by atoms with Crippen LogP contribution in [0.2, 0.25) is 0 Å². The van der Waals surface area contributed by atoms with Crippen LogP contribution in [0.1, 0.15) is 55.8 Å². The van der Waals surface area contributed by atoms with Gasteiger partial charge >= 0.3 is 0 Å². The van der Waals surface area contributed by atoms with Crippen LogP contribution in [0.5, 0.6) is 0 Å². The van der Waals surface area contributed by atoms with E-state index in [9.17, 15) is 9.59 Å². The number of anilines is 1. The number of benzene rings is 1. The van der Waals surface area contributed by atoms with Gasteiger partial charge in [-0.25, -0.2) is 0 Å². The topological polar surface area (TPSA) is 49.4 Å². The average molecular weight is 302 g/mol. The lowest BCUT2D eigenvalue weighted by molar-refractivity contribution is -0.117. The van der Waals surface area contributed by atoms with Crippen LogP contribution in [0.15, 0.2) is 24.3 Å². The van der Waals surface area contributed by atoms with E-state index in [4.69, 9.17) is 0 Å². The van der Waals surface area contributed by atoms with Gasteiger partial charge in [-0.15, -0.1) is 0 Å². The molecule has 1 saturated carbocycles. The first-order chi connectivity index (χ1) is 10.6. The summed E-state index contributed by atoms with van der Waals surface area (Å²) in [4.78, 5) is 25.7. The summed E-state index contributed by atoms with van der Waals surface area (Å²) in [7, 11) is 2.03. The summed E-state index contributed by atoms with van der Waals surface area (Å²) in [6, 6.07) is 7.61. The van der Waals surface area contributed by atoms with E-state index in [1.54, 1.807) is 18.2 Å². The SMILES string of the molecule is CC(=O)c1cccc(NC(=O)CN(C)C2CCCCCC2)c1. The molecular weight excluding hydrogens is 276 g/mol. The summed E-state index contributed by atoms with van der Waals surface area (Å²) in [6.07, 6.45) is 7.52. The van der Waals surface area contributed by atoms with Gasteiger partial charge in [0.2, 0.25) is 5.91 Å². The zero-order chi connectivity index (χ0) is 15.9. The van der Waals surface area contributed by atoms with Crippen molar-refractivity contribution in [1.82, 2.24) is 4.90 Å². The van der Waals surface area contributed by atoms with Crippen molar-refractivity contribution in [2.24, 2.45) is 0 Å². The highest BCUT2D eigenvalue weighted by molar-refractivity contribution is 5.97. The molecule has 0 heterocycles. The van der Waals surface area contributed by atoms with Gasteiger partial charge in [-0.05, 0) is 38.9 Å². The van der Waals surface area contributed by atoms with Gasteiger partial charge in [-0.3, -0.25) is 14.5 Å². The van der Waals surface area contributed by atoms with Crippen molar-refractivity contribution in [1.29, 1.82) is 0 Å². The van der Waals surface area contributed by atoms with E-state index in [-0.39, 0.29) is 11.7 Å². The Balaban J connectivity index is 1.89. The molecule has 1 aromatic rings. The van der Waals surface area contributed by atoms with E-state index in [1.807, 2.05) is 13.1 Å². The van der Waals surface area contributed by atoms with Gasteiger partial charge in [-0.2, -0.15) is 0 Å². The molecular formula is C18H26N2O2. The molecule has 0 radical (unpaired) electrons. The second-order valence-corrected chi connectivity index (χ2v) is 6.25. The Labute approximate surface area is 132 Å². The zero-order valence-electron chi connectivity index (χ0n) is 13.6. The fourth-order valence-electron chi connectivity index (χ4n) is 3.07. The molecule has 2 rings (SSSR count). The molecule has 0 atom stereocenters. The van der Waals surface area contributed by atoms with Crippen LogP contribution in [-0.2, 0) is 4.79 Å². The number of carbonyl (C=O) groups excluding carboxylic acids is 2. The molecule has 1 fully saturated rings. The fourth-order valence-corrected chi connectivity index (χ4v) is 3.07. The third-order valence-electron chi connectivity index (χ3n) is 4.39. The Hall–Kier alpha value is -1.68. The van der Waals surface area contributed by atoms with Crippen LogP contribution in [0, 0.1) is 0 Å². The maximum atomic E-state index is 12.2. The largest absolute Gasteiger partial charge is 0.325 e. The van der Waals surface area contributed by atoms with E-state index in [0.29, 0.717) is 23.8 Å². The first-order valence-corrected chi connectivity index (χ1v) is 8.17. The fraction of sp³-hybridized carbons (Fsp3) is 0.556. The van der Waals surface area contributed by atoms with Crippen LogP contribution >= 0.6 is 0 Å². The number of ketones is 1. The molecule has 0 spiro atoms. The van der Waals surface area contributed by atoms with Crippen molar-refractivity contribution in [3.8, 4) is 0 Å². The van der Waals surface area contributed by atoms with Gasteiger partial charge in [0.05, 0.1) is 6.54 Å². The number of hydrogen-bond acceptors (Lipinski definition) is 3. The minimum absolute atomic E-state index is 0.00618. The molecule has 0 aliphatic heterocycles. The smallest absolute Gasteiger partial charge is 0.238 e. The number of hydrogen-bond donors (Lipinski definition) is 1. The molecule has 0 aromatic heterocycles. The van der Waals surface area contributed by atoms with Gasteiger partial charge in [0.1, 0.15) is 0 Å². The Morgan fingerprint density at radius 2 is 1.86 bits per heavy atom. The maximum Gasteiger partial charge on any atom is 0.238 e. The summed E-state index contributed by atoms with van der Waals surface area (Å²) in [6.45, 7) is 1.93. The van der Waals surface area contributed by atoms with Crippen molar-refractivity contribution in [3.05, 3.63) is 29.8 Å². The number of Topliss-reactive ketones (excluding diaryl/α,β-unsaturated/α-hetero) is 1. The molecule has 120 valence electrons. The number of likely N-dealkylation sites (N-methyl/N-ethyl adjacent to an activating group) is 1. The van der Waals surface area contributed by atoms with Crippen molar-refractivity contribution < 1.29 is 9.59 Å². The van der Waals surface area contributed by atoms with Crippen molar-refractivity contribution in [2.45, 2.75) is 51.5 Å². The molecule has 4 nitrogen and oxygen atoms in total. The Kier molecular flexibility index (Phi) is 6.13. The molecule has 0 bridgehead atoms. The second-order valence-electron chi connectivity index (χ2n) is 6.25. The van der Waals surface area contributed by atoms with Crippen LogP contribution in [0.3, 0.4) is 0 Å². The molecule has 0 saturated heterocycles. The number of nitrogens with one attached hydrogen (secondary N) is 1. The van der Waals surface area contributed by atoms with E-state index < -0.39 is 0 Å². The van der Waals surface area contributed by atoms with E-state index in [0.717, 1.165) is 0 Å². The van der Waals surface area contributed by atoms with Crippen molar-refractivity contribution in [3.63, 3.8) is 0 Å². The monoisotopic (exact) mass is 302 g/mol. The summed E-state index contributed by atoms with van der Waals surface area (Å²) in [5, 5.41) is 2.89. The normalized spacial score (nSPS) is 16.3. The number of amides is 1. The van der Waals surface area contributed by atoms with Gasteiger partial charge in [0.25, 0.3) is 0 Å². The van der Waals surface area contributed by atoms with Gasteiger partial charge < -0.3 is 5.32 Å².